The van der Waals surface area contributed by atoms with Gasteiger partial charge >= 0.3 is 0 Å². The van der Waals surface area contributed by atoms with E-state index in [0.29, 0.717) is 13.2 Å². The van der Waals surface area contributed by atoms with Crippen molar-refractivity contribution < 1.29 is 18.7 Å². The van der Waals surface area contributed by atoms with Crippen LogP contribution >= 0.6 is 0 Å². The summed E-state index contributed by atoms with van der Waals surface area (Å²) in [5.74, 6) is 1.79. The molecule has 0 radical (unpaired) electrons. The first-order chi connectivity index (χ1) is 9.79. The minimum Gasteiger partial charge on any atom is -0.461 e. The number of hydrogen-bond acceptors (Lipinski definition) is 4. The molecule has 2 aliphatic heterocycles. The third kappa shape index (κ3) is 2.60. The average Bonchev–Trinajstić information content (AvgIpc) is 3.19. The quantitative estimate of drug-likeness (QED) is 0.848. The van der Waals surface area contributed by atoms with E-state index < -0.39 is 0 Å². The average molecular weight is 279 g/mol. The molecule has 110 valence electrons. The van der Waals surface area contributed by atoms with Crippen molar-refractivity contribution in [2.24, 2.45) is 0 Å². The summed E-state index contributed by atoms with van der Waals surface area (Å²) in [6, 6.07) is 3.93. The summed E-state index contributed by atoms with van der Waals surface area (Å²) in [6.07, 6.45) is 3.55. The van der Waals surface area contributed by atoms with Gasteiger partial charge in [0, 0.05) is 20.3 Å². The second-order valence-electron chi connectivity index (χ2n) is 5.43. The van der Waals surface area contributed by atoms with Gasteiger partial charge in [-0.3, -0.25) is 4.79 Å². The van der Waals surface area contributed by atoms with Crippen molar-refractivity contribution in [1.29, 1.82) is 0 Å². The van der Waals surface area contributed by atoms with Gasteiger partial charge in [-0.2, -0.15) is 0 Å². The van der Waals surface area contributed by atoms with Crippen LogP contribution in [-0.2, 0) is 20.9 Å². The molecule has 3 rings (SSSR count). The van der Waals surface area contributed by atoms with E-state index in [1.165, 1.54) is 0 Å². The Hall–Kier alpha value is -1.33. The van der Waals surface area contributed by atoms with Crippen LogP contribution in [-0.4, -0.2) is 37.2 Å². The van der Waals surface area contributed by atoms with Crippen molar-refractivity contribution in [2.75, 3.05) is 20.3 Å². The highest BCUT2D eigenvalue weighted by Gasteiger charge is 2.37. The Balaban J connectivity index is 1.72. The van der Waals surface area contributed by atoms with Crippen LogP contribution < -0.4 is 0 Å². The Labute approximate surface area is 118 Å². The Bertz CT molecular complexity index is 464. The fraction of sp³-hybridized carbons (Fsp3) is 0.667. The normalized spacial score (nSPS) is 26.4. The lowest BCUT2D eigenvalue weighted by molar-refractivity contribution is -0.142. The number of ether oxygens (including phenoxy) is 2. The van der Waals surface area contributed by atoms with Crippen molar-refractivity contribution in [2.45, 2.75) is 44.4 Å². The largest absolute Gasteiger partial charge is 0.461 e. The molecule has 0 N–H and O–H groups in total. The van der Waals surface area contributed by atoms with E-state index in [1.54, 1.807) is 7.11 Å². The molecule has 0 unspecified atom stereocenters. The van der Waals surface area contributed by atoms with Crippen molar-refractivity contribution in [3.05, 3.63) is 23.7 Å². The van der Waals surface area contributed by atoms with Gasteiger partial charge in [-0.15, -0.1) is 0 Å². The van der Waals surface area contributed by atoms with E-state index in [2.05, 4.69) is 0 Å². The van der Waals surface area contributed by atoms with E-state index in [4.69, 9.17) is 13.9 Å². The second-order valence-corrected chi connectivity index (χ2v) is 5.43. The van der Waals surface area contributed by atoms with Crippen molar-refractivity contribution in [3.8, 4) is 0 Å². The molecule has 5 heteroatoms. The molecule has 0 aliphatic carbocycles. The molecule has 2 aliphatic rings. The summed E-state index contributed by atoms with van der Waals surface area (Å²) < 4.78 is 16.4. The first-order valence-corrected chi connectivity index (χ1v) is 7.29. The van der Waals surface area contributed by atoms with Gasteiger partial charge < -0.3 is 18.8 Å². The maximum absolute atomic E-state index is 12.5. The molecule has 1 aromatic heterocycles. The van der Waals surface area contributed by atoms with Gasteiger partial charge in [0.25, 0.3) is 5.91 Å². The summed E-state index contributed by atoms with van der Waals surface area (Å²) in [5, 5.41) is 0. The zero-order chi connectivity index (χ0) is 13.9. The van der Waals surface area contributed by atoms with Crippen LogP contribution in [0.3, 0.4) is 0 Å². The lowest BCUT2D eigenvalue weighted by atomic mass is 10.1. The summed E-state index contributed by atoms with van der Waals surface area (Å²) >= 11 is 0. The fourth-order valence-corrected chi connectivity index (χ4v) is 3.08. The first-order valence-electron chi connectivity index (χ1n) is 7.29. The smallest absolute Gasteiger partial charge is 0.252 e. The predicted molar refractivity (Wildman–Crippen MR) is 72.1 cm³/mol. The number of carbonyl (C=O) groups excluding carboxylic acids is 1. The number of carbonyl (C=O) groups is 1. The van der Waals surface area contributed by atoms with Crippen molar-refractivity contribution in [1.82, 2.24) is 4.90 Å². The molecule has 2 saturated heterocycles. The SMILES string of the molecule is COCc1ccc([C@@H]2CCCN2C(=O)[C@@H]2CCCO2)o1. The summed E-state index contributed by atoms with van der Waals surface area (Å²) in [7, 11) is 1.64. The van der Waals surface area contributed by atoms with E-state index >= 15 is 0 Å². The first kappa shape index (κ1) is 13.6. The fourth-order valence-electron chi connectivity index (χ4n) is 3.08. The van der Waals surface area contributed by atoms with Gasteiger partial charge in [-0.25, -0.2) is 0 Å². The van der Waals surface area contributed by atoms with E-state index in [0.717, 1.165) is 43.7 Å². The number of nitrogens with zero attached hydrogens (tertiary/aromatic N) is 1. The van der Waals surface area contributed by atoms with Crippen LogP contribution in [0.25, 0.3) is 0 Å². The van der Waals surface area contributed by atoms with Gasteiger partial charge in [0.1, 0.15) is 24.2 Å². The van der Waals surface area contributed by atoms with Gasteiger partial charge in [0.05, 0.1) is 6.04 Å². The van der Waals surface area contributed by atoms with Crippen LogP contribution in [0.2, 0.25) is 0 Å². The number of hydrogen-bond donors (Lipinski definition) is 0. The highest BCUT2D eigenvalue weighted by Crippen LogP contribution is 2.34. The third-order valence-corrected chi connectivity index (χ3v) is 4.04. The lowest BCUT2D eigenvalue weighted by Crippen LogP contribution is -2.38. The monoisotopic (exact) mass is 279 g/mol. The zero-order valence-electron chi connectivity index (χ0n) is 11.8. The number of rotatable bonds is 4. The minimum atomic E-state index is -0.246. The topological polar surface area (TPSA) is 51.9 Å². The van der Waals surface area contributed by atoms with Crippen LogP contribution in [0.5, 0.6) is 0 Å². The molecule has 20 heavy (non-hydrogen) atoms. The van der Waals surface area contributed by atoms with Gasteiger partial charge in [0.15, 0.2) is 0 Å². The van der Waals surface area contributed by atoms with Crippen LogP contribution in [0, 0.1) is 0 Å². The molecule has 1 aromatic rings. The Kier molecular flexibility index (Phi) is 4.08. The van der Waals surface area contributed by atoms with E-state index in [1.807, 2.05) is 17.0 Å². The molecule has 1 amide bonds. The molecule has 5 nitrogen and oxygen atoms in total. The van der Waals surface area contributed by atoms with Crippen molar-refractivity contribution >= 4 is 5.91 Å². The molecule has 0 spiro atoms. The molecule has 3 heterocycles. The van der Waals surface area contributed by atoms with Crippen LogP contribution in [0.4, 0.5) is 0 Å². The zero-order valence-corrected chi connectivity index (χ0v) is 11.8. The third-order valence-electron chi connectivity index (χ3n) is 4.04. The van der Waals surface area contributed by atoms with E-state index in [9.17, 15) is 4.79 Å². The molecule has 0 aromatic carbocycles. The van der Waals surface area contributed by atoms with Gasteiger partial charge in [-0.1, -0.05) is 0 Å². The number of amides is 1. The highest BCUT2D eigenvalue weighted by atomic mass is 16.5. The molecular formula is C15H21NO4. The minimum absolute atomic E-state index is 0.0531. The molecule has 2 fully saturated rings. The van der Waals surface area contributed by atoms with E-state index in [-0.39, 0.29) is 18.1 Å². The number of furan rings is 1. The van der Waals surface area contributed by atoms with Crippen molar-refractivity contribution in [3.63, 3.8) is 0 Å². The maximum atomic E-state index is 12.5. The lowest BCUT2D eigenvalue weighted by Gasteiger charge is -2.25. The van der Waals surface area contributed by atoms with Gasteiger partial charge in [0.2, 0.25) is 0 Å². The molecular weight excluding hydrogens is 258 g/mol. The van der Waals surface area contributed by atoms with Crippen LogP contribution in [0.15, 0.2) is 16.5 Å². The highest BCUT2D eigenvalue weighted by molar-refractivity contribution is 5.81. The summed E-state index contributed by atoms with van der Waals surface area (Å²) in [5.41, 5.74) is 0. The Morgan fingerprint density at radius 2 is 2.30 bits per heavy atom. The molecule has 0 saturated carbocycles. The second kappa shape index (κ2) is 5.97. The number of methoxy groups -OCH3 is 1. The van der Waals surface area contributed by atoms with Crippen LogP contribution in [0.1, 0.15) is 43.2 Å². The molecule has 2 atom stereocenters. The Morgan fingerprint density at radius 1 is 1.40 bits per heavy atom. The standard InChI is InChI=1S/C15H21NO4/c1-18-10-11-6-7-13(20-11)12-4-2-8-16(12)15(17)14-5-3-9-19-14/h6-7,12,14H,2-5,8-10H2,1H3/t12-,14-/m0/s1. The van der Waals surface area contributed by atoms with Gasteiger partial charge in [-0.05, 0) is 37.8 Å². The maximum Gasteiger partial charge on any atom is 0.252 e. The Morgan fingerprint density at radius 3 is 3.05 bits per heavy atom. The predicted octanol–water partition coefficient (Wildman–Crippen LogP) is 2.27. The number of likely N-dealkylation sites (tertiary alicyclic amines) is 1. The molecule has 0 bridgehead atoms. The summed E-state index contributed by atoms with van der Waals surface area (Å²) in [6.45, 7) is 1.96. The summed E-state index contributed by atoms with van der Waals surface area (Å²) in [4.78, 5) is 14.4.